The number of carbonyl (C=O) groups is 2. The lowest BCUT2D eigenvalue weighted by Crippen LogP contribution is -2.59. The van der Waals surface area contributed by atoms with Crippen molar-refractivity contribution in [3.05, 3.63) is 42.0 Å². The molecule has 6 heteroatoms. The lowest BCUT2D eigenvalue weighted by molar-refractivity contribution is -0.161. The topological polar surface area (TPSA) is 61.8 Å². The Morgan fingerprint density at radius 2 is 1.94 bits per heavy atom. The number of hydrogen-bond donors (Lipinski definition) is 0. The monoisotopic (exact) mass is 510 g/mol. The molecule has 196 valence electrons. The van der Waals surface area contributed by atoms with E-state index in [4.69, 9.17) is 13.9 Å². The van der Waals surface area contributed by atoms with E-state index in [1.807, 2.05) is 19.1 Å². The Bertz CT molecular complexity index is 1090. The van der Waals surface area contributed by atoms with E-state index in [-0.39, 0.29) is 34.5 Å². The number of fused-ring (bicyclic) bond motifs is 6. The van der Waals surface area contributed by atoms with E-state index < -0.39 is 31.9 Å². The number of hydrogen-bond acceptors (Lipinski definition) is 5. The average molecular weight is 511 g/mol. The molecule has 4 aliphatic rings. The van der Waals surface area contributed by atoms with Crippen molar-refractivity contribution >= 4 is 20.1 Å². The number of aryl methyl sites for hydroxylation is 1. The van der Waals surface area contributed by atoms with E-state index in [2.05, 4.69) is 52.6 Å². The van der Waals surface area contributed by atoms with Crippen molar-refractivity contribution in [1.29, 1.82) is 0 Å². The highest BCUT2D eigenvalue weighted by atomic mass is 28.4. The summed E-state index contributed by atoms with van der Waals surface area (Å²) in [4.78, 5) is 28.2. The van der Waals surface area contributed by atoms with E-state index in [0.29, 0.717) is 5.92 Å². The van der Waals surface area contributed by atoms with Crippen LogP contribution < -0.4 is 4.74 Å². The molecule has 5 rings (SSSR count). The highest BCUT2D eigenvalue weighted by Gasteiger charge is 2.74. The van der Waals surface area contributed by atoms with E-state index in [1.54, 1.807) is 7.11 Å². The van der Waals surface area contributed by atoms with Crippen LogP contribution >= 0.6 is 0 Å². The Morgan fingerprint density at radius 3 is 2.58 bits per heavy atom. The zero-order chi connectivity index (χ0) is 26.2. The van der Waals surface area contributed by atoms with Crippen LogP contribution in [0.3, 0.4) is 0 Å². The SMILES string of the molecule is C=C[C@@H]1CC[C@H]2[C@@H]3CCc4ccc(OC)cc4[C@H]3[C@@H]3C(=O)O[C@]12C3C(=O)[C@H](C)O[Si](C)(C)C(C)(C)C. The van der Waals surface area contributed by atoms with E-state index >= 15 is 0 Å². The number of rotatable bonds is 6. The third kappa shape index (κ3) is 3.50. The average Bonchev–Trinajstić information content (AvgIpc) is 3.30. The normalized spacial score (nSPS) is 35.8. The molecule has 3 fully saturated rings. The van der Waals surface area contributed by atoms with Gasteiger partial charge in [0.1, 0.15) is 17.5 Å². The van der Waals surface area contributed by atoms with Crippen LogP contribution in [0, 0.1) is 29.6 Å². The third-order valence-corrected chi connectivity index (χ3v) is 15.0. The van der Waals surface area contributed by atoms with Crippen LogP contribution in [0.5, 0.6) is 5.75 Å². The Hall–Kier alpha value is -1.92. The first-order valence-electron chi connectivity index (χ1n) is 13.6. The smallest absolute Gasteiger partial charge is 0.311 e. The molecule has 1 heterocycles. The van der Waals surface area contributed by atoms with Gasteiger partial charge in [-0.1, -0.05) is 32.9 Å². The highest BCUT2D eigenvalue weighted by Crippen LogP contribution is 2.68. The minimum Gasteiger partial charge on any atom is -0.497 e. The number of carbonyl (C=O) groups excluding carboxylic acids is 2. The Balaban J connectivity index is 1.61. The first-order valence-corrected chi connectivity index (χ1v) is 16.5. The minimum absolute atomic E-state index is 0.00173. The number of ketones is 1. The van der Waals surface area contributed by atoms with Crippen molar-refractivity contribution in [2.75, 3.05) is 7.11 Å². The molecular formula is C30H42O5Si. The van der Waals surface area contributed by atoms with Crippen molar-refractivity contribution in [2.45, 2.75) is 89.1 Å². The first kappa shape index (κ1) is 25.7. The van der Waals surface area contributed by atoms with Crippen LogP contribution in [0.4, 0.5) is 0 Å². The molecule has 1 aromatic rings. The fourth-order valence-electron chi connectivity index (χ4n) is 7.84. The molecule has 1 aliphatic heterocycles. The molecule has 2 bridgehead atoms. The summed E-state index contributed by atoms with van der Waals surface area (Å²) in [6, 6.07) is 6.23. The zero-order valence-corrected chi connectivity index (χ0v) is 23.9. The summed E-state index contributed by atoms with van der Waals surface area (Å²) in [5, 5.41) is -0.0127. The van der Waals surface area contributed by atoms with Gasteiger partial charge in [0, 0.05) is 17.8 Å². The molecule has 2 saturated carbocycles. The van der Waals surface area contributed by atoms with Crippen LogP contribution in [-0.4, -0.2) is 38.9 Å². The van der Waals surface area contributed by atoms with Crippen LogP contribution in [0.1, 0.15) is 64.0 Å². The predicted molar refractivity (Wildman–Crippen MR) is 143 cm³/mol. The fourth-order valence-corrected chi connectivity index (χ4v) is 9.19. The second kappa shape index (κ2) is 8.55. The van der Waals surface area contributed by atoms with Crippen LogP contribution in [0.2, 0.25) is 18.1 Å². The van der Waals surface area contributed by atoms with Gasteiger partial charge in [-0.3, -0.25) is 9.59 Å². The summed E-state index contributed by atoms with van der Waals surface area (Å²) in [7, 11) is -0.508. The summed E-state index contributed by atoms with van der Waals surface area (Å²) in [5.41, 5.74) is 1.64. The van der Waals surface area contributed by atoms with Crippen molar-refractivity contribution in [2.24, 2.45) is 29.6 Å². The lowest BCUT2D eigenvalue weighted by Gasteiger charge is -2.52. The number of esters is 1. The molecular weight excluding hydrogens is 468 g/mol. The summed E-state index contributed by atoms with van der Waals surface area (Å²) in [5.74, 6) is 0.0405. The van der Waals surface area contributed by atoms with Gasteiger partial charge in [0.05, 0.1) is 18.9 Å². The number of benzene rings is 1. The first-order chi connectivity index (χ1) is 16.9. The van der Waals surface area contributed by atoms with Gasteiger partial charge in [-0.25, -0.2) is 0 Å². The molecule has 1 saturated heterocycles. The summed E-state index contributed by atoms with van der Waals surface area (Å²) in [6.45, 7) is 16.9. The summed E-state index contributed by atoms with van der Waals surface area (Å²) >= 11 is 0. The molecule has 0 radical (unpaired) electrons. The zero-order valence-electron chi connectivity index (χ0n) is 22.9. The van der Waals surface area contributed by atoms with Gasteiger partial charge in [-0.2, -0.15) is 0 Å². The van der Waals surface area contributed by atoms with Crippen molar-refractivity contribution in [3.8, 4) is 5.75 Å². The van der Waals surface area contributed by atoms with Gasteiger partial charge in [-0.05, 0) is 79.9 Å². The number of methoxy groups -OCH3 is 1. The van der Waals surface area contributed by atoms with Gasteiger partial charge >= 0.3 is 5.97 Å². The summed E-state index contributed by atoms with van der Waals surface area (Å²) in [6.07, 6.45) is 5.22. The molecule has 0 N–H and O–H groups in total. The Morgan fingerprint density at radius 1 is 1.22 bits per heavy atom. The van der Waals surface area contributed by atoms with E-state index in [9.17, 15) is 9.59 Å². The number of Topliss-reactive ketones (excluding diaryl/α,β-unsaturated/α-hetero) is 1. The minimum atomic E-state index is -2.18. The van der Waals surface area contributed by atoms with E-state index in [1.165, 1.54) is 11.1 Å². The van der Waals surface area contributed by atoms with E-state index in [0.717, 1.165) is 31.4 Å². The maximum atomic E-state index is 14.4. The molecule has 0 amide bonds. The van der Waals surface area contributed by atoms with Gasteiger partial charge in [0.25, 0.3) is 0 Å². The standard InChI is InChI=1S/C30H42O5Si/c1-9-19-12-15-23-21-14-11-18-10-13-20(33-6)16-22(18)24(21)25-26(30(19,23)34-28(25)32)27(31)17(2)35-36(7,8)29(3,4)5/h9-10,13,16-17,19,21,23-26H,1,11-12,14-15H2,2-8H3/t17-,19+,21-,23-,24-,25-,26?,30+/m0/s1. The summed E-state index contributed by atoms with van der Waals surface area (Å²) < 4.78 is 18.6. The largest absolute Gasteiger partial charge is 0.497 e. The molecule has 36 heavy (non-hydrogen) atoms. The molecule has 0 aromatic heterocycles. The quantitative estimate of drug-likeness (QED) is 0.264. The van der Waals surface area contributed by atoms with Crippen molar-refractivity contribution in [1.82, 2.24) is 0 Å². The van der Waals surface area contributed by atoms with Gasteiger partial charge in [0.2, 0.25) is 0 Å². The Kier molecular flexibility index (Phi) is 6.11. The molecule has 8 atom stereocenters. The van der Waals surface area contributed by atoms with Gasteiger partial charge < -0.3 is 13.9 Å². The number of ether oxygens (including phenoxy) is 2. The Labute approximate surface area is 217 Å². The fraction of sp³-hybridized carbons (Fsp3) is 0.667. The van der Waals surface area contributed by atoms with Gasteiger partial charge in [0.15, 0.2) is 14.1 Å². The van der Waals surface area contributed by atoms with Crippen LogP contribution in [-0.2, 0) is 25.2 Å². The molecule has 1 aromatic carbocycles. The van der Waals surface area contributed by atoms with Crippen molar-refractivity contribution in [3.63, 3.8) is 0 Å². The molecule has 5 nitrogen and oxygen atoms in total. The lowest BCUT2D eigenvalue weighted by atomic mass is 9.50. The van der Waals surface area contributed by atoms with Crippen LogP contribution in [0.25, 0.3) is 0 Å². The van der Waals surface area contributed by atoms with Gasteiger partial charge in [-0.15, -0.1) is 6.58 Å². The maximum absolute atomic E-state index is 14.4. The second-order valence-electron chi connectivity index (χ2n) is 13.0. The molecule has 1 spiro atoms. The van der Waals surface area contributed by atoms with Crippen LogP contribution in [0.15, 0.2) is 30.9 Å². The van der Waals surface area contributed by atoms with Crippen molar-refractivity contribution < 1.29 is 23.5 Å². The molecule has 3 aliphatic carbocycles. The predicted octanol–water partition coefficient (Wildman–Crippen LogP) is 6.07. The highest BCUT2D eigenvalue weighted by molar-refractivity contribution is 6.74. The third-order valence-electron chi connectivity index (χ3n) is 10.4. The second-order valence-corrected chi connectivity index (χ2v) is 17.8. The maximum Gasteiger partial charge on any atom is 0.311 e. The molecule has 1 unspecified atom stereocenters.